The normalized spacial score (nSPS) is 10.1. The van der Waals surface area contributed by atoms with Gasteiger partial charge < -0.3 is 5.32 Å². The summed E-state index contributed by atoms with van der Waals surface area (Å²) >= 11 is 11.5. The van der Waals surface area contributed by atoms with Crippen LogP contribution in [0.4, 0.5) is 5.82 Å². The van der Waals surface area contributed by atoms with Gasteiger partial charge in [0.25, 0.3) is 11.5 Å². The number of aromatic amines is 1. The minimum Gasteiger partial charge on any atom is -0.304 e. The lowest BCUT2D eigenvalue weighted by atomic mass is 10.3. The molecule has 0 unspecified atom stereocenters. The maximum atomic E-state index is 11.7. The zero-order valence-corrected chi connectivity index (χ0v) is 10.2. The van der Waals surface area contributed by atoms with Crippen molar-refractivity contribution in [3.8, 4) is 0 Å². The van der Waals surface area contributed by atoms with Crippen LogP contribution < -0.4 is 10.9 Å². The van der Waals surface area contributed by atoms with Crippen LogP contribution in [0.25, 0.3) is 0 Å². The monoisotopic (exact) mass is 285 g/mol. The molecule has 18 heavy (non-hydrogen) atoms. The highest BCUT2D eigenvalue weighted by atomic mass is 35.5. The van der Waals surface area contributed by atoms with E-state index in [-0.39, 0.29) is 21.7 Å². The first-order chi connectivity index (χ1) is 8.58. The Morgan fingerprint density at radius 2 is 2.06 bits per heavy atom. The Balaban J connectivity index is 2.24. The van der Waals surface area contributed by atoms with E-state index in [1.54, 1.807) is 0 Å². The lowest BCUT2D eigenvalue weighted by Crippen LogP contribution is -2.18. The van der Waals surface area contributed by atoms with Crippen molar-refractivity contribution in [2.45, 2.75) is 0 Å². The fourth-order valence-electron chi connectivity index (χ4n) is 1.08. The van der Waals surface area contributed by atoms with Gasteiger partial charge in [-0.05, 0) is 6.07 Å². The number of carbonyl (C=O) groups excluding carboxylic acids is 1. The molecule has 9 heteroatoms. The average Bonchev–Trinajstić information content (AvgIpc) is 2.36. The third-order valence-corrected chi connectivity index (χ3v) is 2.63. The molecular weight excluding hydrogens is 281 g/mol. The number of anilines is 1. The maximum absolute atomic E-state index is 11.7. The molecule has 1 amide bonds. The van der Waals surface area contributed by atoms with Gasteiger partial charge in [-0.1, -0.05) is 23.2 Å². The second-order valence-electron chi connectivity index (χ2n) is 3.09. The number of hydrogen-bond acceptors (Lipinski definition) is 5. The number of nitrogens with one attached hydrogen (secondary N) is 2. The van der Waals surface area contributed by atoms with Crippen molar-refractivity contribution >= 4 is 34.9 Å². The molecule has 0 aliphatic carbocycles. The van der Waals surface area contributed by atoms with Gasteiger partial charge in [-0.15, -0.1) is 0 Å². The zero-order chi connectivity index (χ0) is 13.1. The molecule has 92 valence electrons. The lowest BCUT2D eigenvalue weighted by molar-refractivity contribution is 0.102. The van der Waals surface area contributed by atoms with Crippen molar-refractivity contribution in [2.75, 3.05) is 5.32 Å². The van der Waals surface area contributed by atoms with Gasteiger partial charge in [-0.2, -0.15) is 5.10 Å². The second-order valence-corrected chi connectivity index (χ2v) is 3.82. The number of H-pyrrole nitrogens is 1. The van der Waals surface area contributed by atoms with Gasteiger partial charge in [0.15, 0.2) is 11.0 Å². The van der Waals surface area contributed by atoms with E-state index in [2.05, 4.69) is 25.5 Å². The van der Waals surface area contributed by atoms with Gasteiger partial charge in [0, 0.05) is 6.07 Å². The van der Waals surface area contributed by atoms with E-state index in [0.717, 1.165) is 6.33 Å². The van der Waals surface area contributed by atoms with Gasteiger partial charge in [-0.25, -0.2) is 15.1 Å². The molecule has 0 aromatic carbocycles. The van der Waals surface area contributed by atoms with Crippen molar-refractivity contribution in [3.63, 3.8) is 0 Å². The predicted molar refractivity (Wildman–Crippen MR) is 64.9 cm³/mol. The van der Waals surface area contributed by atoms with Crippen LogP contribution >= 0.6 is 23.2 Å². The standard InChI is InChI=1S/C9H5Cl2N5O2/c10-6-7(11)12-3-13-8(6)14-9(18)4-1-2-5(17)16-15-4/h1-3H,(H,16,17)(H,12,13,14,18). The van der Waals surface area contributed by atoms with Crippen molar-refractivity contribution in [1.29, 1.82) is 0 Å². The predicted octanol–water partition coefficient (Wildman–Crippen LogP) is 1.12. The summed E-state index contributed by atoms with van der Waals surface area (Å²) in [6.45, 7) is 0. The summed E-state index contributed by atoms with van der Waals surface area (Å²) in [5, 5.41) is 8.14. The maximum Gasteiger partial charge on any atom is 0.277 e. The molecule has 0 aliphatic heterocycles. The van der Waals surface area contributed by atoms with E-state index in [1.807, 2.05) is 0 Å². The number of rotatable bonds is 2. The first-order valence-corrected chi connectivity index (χ1v) is 5.36. The molecule has 2 heterocycles. The molecule has 7 nitrogen and oxygen atoms in total. The fraction of sp³-hybridized carbons (Fsp3) is 0. The summed E-state index contributed by atoms with van der Waals surface area (Å²) < 4.78 is 0. The van der Waals surface area contributed by atoms with E-state index < -0.39 is 11.5 Å². The molecule has 0 fully saturated rings. The van der Waals surface area contributed by atoms with Crippen LogP contribution in [0.15, 0.2) is 23.3 Å². The topological polar surface area (TPSA) is 101 Å². The Labute approximate surface area is 110 Å². The first kappa shape index (κ1) is 12.5. The first-order valence-electron chi connectivity index (χ1n) is 4.61. The van der Waals surface area contributed by atoms with Crippen LogP contribution in [0.5, 0.6) is 0 Å². The van der Waals surface area contributed by atoms with Crippen LogP contribution in [-0.2, 0) is 0 Å². The molecule has 0 atom stereocenters. The smallest absolute Gasteiger partial charge is 0.277 e. The minimum atomic E-state index is -0.581. The summed E-state index contributed by atoms with van der Waals surface area (Å²) in [4.78, 5) is 29.9. The summed E-state index contributed by atoms with van der Waals surface area (Å²) in [6, 6.07) is 2.45. The Morgan fingerprint density at radius 3 is 2.72 bits per heavy atom. The Hall–Kier alpha value is -1.99. The SMILES string of the molecule is O=C(Nc1ncnc(Cl)c1Cl)c1ccc(=O)[nH]n1. The third kappa shape index (κ3) is 2.63. The summed E-state index contributed by atoms with van der Waals surface area (Å²) in [7, 11) is 0. The Morgan fingerprint density at radius 1 is 1.28 bits per heavy atom. The molecule has 0 spiro atoms. The van der Waals surface area contributed by atoms with E-state index in [4.69, 9.17) is 23.2 Å². The Kier molecular flexibility index (Phi) is 3.54. The Bertz CT molecular complexity index is 637. The van der Waals surface area contributed by atoms with E-state index in [9.17, 15) is 9.59 Å². The van der Waals surface area contributed by atoms with E-state index in [1.165, 1.54) is 12.1 Å². The van der Waals surface area contributed by atoms with Crippen molar-refractivity contribution < 1.29 is 4.79 Å². The molecule has 2 aromatic heterocycles. The molecule has 0 saturated carbocycles. The van der Waals surface area contributed by atoms with Crippen LogP contribution in [0, 0.1) is 0 Å². The van der Waals surface area contributed by atoms with Crippen LogP contribution in [-0.4, -0.2) is 26.1 Å². The average molecular weight is 286 g/mol. The largest absolute Gasteiger partial charge is 0.304 e. The van der Waals surface area contributed by atoms with E-state index >= 15 is 0 Å². The van der Waals surface area contributed by atoms with Gasteiger partial charge >= 0.3 is 0 Å². The summed E-state index contributed by atoms with van der Waals surface area (Å²) in [5.41, 5.74) is -0.393. The third-order valence-electron chi connectivity index (χ3n) is 1.89. The zero-order valence-electron chi connectivity index (χ0n) is 8.65. The highest BCUT2D eigenvalue weighted by Crippen LogP contribution is 2.25. The van der Waals surface area contributed by atoms with Crippen LogP contribution in [0.1, 0.15) is 10.5 Å². The highest BCUT2D eigenvalue weighted by Gasteiger charge is 2.13. The number of aromatic nitrogens is 4. The molecule has 2 aromatic rings. The minimum absolute atomic E-state index is 0.0143. The number of nitrogens with zero attached hydrogens (tertiary/aromatic N) is 3. The molecule has 0 saturated heterocycles. The summed E-state index contributed by atoms with van der Waals surface area (Å²) in [5.74, 6) is -0.516. The van der Waals surface area contributed by atoms with Crippen LogP contribution in [0.2, 0.25) is 10.2 Å². The second kappa shape index (κ2) is 5.11. The van der Waals surface area contributed by atoms with Gasteiger partial charge in [0.05, 0.1) is 0 Å². The van der Waals surface area contributed by atoms with Crippen molar-refractivity contribution in [3.05, 3.63) is 44.7 Å². The number of hydrogen-bond donors (Lipinski definition) is 2. The van der Waals surface area contributed by atoms with Gasteiger partial charge in [0.2, 0.25) is 0 Å². The van der Waals surface area contributed by atoms with Gasteiger partial charge in [-0.3, -0.25) is 9.59 Å². The molecule has 0 aliphatic rings. The quantitative estimate of drug-likeness (QED) is 0.805. The lowest BCUT2D eigenvalue weighted by Gasteiger charge is -2.05. The summed E-state index contributed by atoms with van der Waals surface area (Å²) in [6.07, 6.45) is 1.16. The van der Waals surface area contributed by atoms with Crippen molar-refractivity contribution in [1.82, 2.24) is 20.2 Å². The number of halogens is 2. The molecule has 0 bridgehead atoms. The molecular formula is C9H5Cl2N5O2. The fourth-order valence-corrected chi connectivity index (χ4v) is 1.36. The van der Waals surface area contributed by atoms with Crippen molar-refractivity contribution in [2.24, 2.45) is 0 Å². The number of amides is 1. The molecule has 2 rings (SSSR count). The van der Waals surface area contributed by atoms with Gasteiger partial charge in [0.1, 0.15) is 17.0 Å². The van der Waals surface area contributed by atoms with Crippen LogP contribution in [0.3, 0.4) is 0 Å². The molecule has 0 radical (unpaired) electrons. The molecule has 2 N–H and O–H groups in total. The highest BCUT2D eigenvalue weighted by molar-refractivity contribution is 6.43. The number of carbonyl (C=O) groups is 1. The van der Waals surface area contributed by atoms with E-state index in [0.29, 0.717) is 0 Å².